The third-order valence-electron chi connectivity index (χ3n) is 3.78. The SMILES string of the molecule is CN(C)c1nc2c(c(=O)[nH]c(=O)n2C)n1CC(=O)c1ccccc1. The van der Waals surface area contributed by atoms with Gasteiger partial charge in [-0.15, -0.1) is 0 Å². The number of nitrogens with one attached hydrogen (secondary N) is 1. The van der Waals surface area contributed by atoms with Crippen LogP contribution in [0.5, 0.6) is 0 Å². The molecule has 124 valence electrons. The second-order valence-electron chi connectivity index (χ2n) is 5.67. The van der Waals surface area contributed by atoms with E-state index in [0.717, 1.165) is 0 Å². The zero-order valence-corrected chi connectivity index (χ0v) is 13.6. The molecule has 24 heavy (non-hydrogen) atoms. The summed E-state index contributed by atoms with van der Waals surface area (Å²) in [6.45, 7) is -0.0463. The average molecular weight is 327 g/mol. The molecular formula is C16H17N5O3. The molecule has 0 aliphatic carbocycles. The van der Waals surface area contributed by atoms with E-state index in [4.69, 9.17) is 0 Å². The molecule has 0 saturated carbocycles. The maximum Gasteiger partial charge on any atom is 0.329 e. The van der Waals surface area contributed by atoms with E-state index in [1.165, 1.54) is 16.2 Å². The van der Waals surface area contributed by atoms with Crippen molar-refractivity contribution in [3.8, 4) is 0 Å². The molecule has 0 atom stereocenters. The molecule has 8 nitrogen and oxygen atoms in total. The second-order valence-corrected chi connectivity index (χ2v) is 5.67. The summed E-state index contributed by atoms with van der Waals surface area (Å²) in [7, 11) is 5.05. The highest BCUT2D eigenvalue weighted by molar-refractivity contribution is 5.96. The summed E-state index contributed by atoms with van der Waals surface area (Å²) in [5.74, 6) is 0.284. The second kappa shape index (κ2) is 5.80. The molecule has 3 rings (SSSR count). The van der Waals surface area contributed by atoms with Crippen LogP contribution >= 0.6 is 0 Å². The van der Waals surface area contributed by atoms with Gasteiger partial charge in [0.2, 0.25) is 5.95 Å². The predicted molar refractivity (Wildman–Crippen MR) is 90.7 cm³/mol. The molecule has 2 aromatic heterocycles. The summed E-state index contributed by atoms with van der Waals surface area (Å²) in [6.07, 6.45) is 0. The van der Waals surface area contributed by atoms with Crippen molar-refractivity contribution in [1.29, 1.82) is 0 Å². The van der Waals surface area contributed by atoms with E-state index in [1.54, 1.807) is 43.3 Å². The molecule has 0 bridgehead atoms. The Morgan fingerprint density at radius 1 is 1.21 bits per heavy atom. The van der Waals surface area contributed by atoms with E-state index in [9.17, 15) is 14.4 Å². The molecule has 1 aromatic carbocycles. The Hall–Kier alpha value is -3.16. The first-order valence-corrected chi connectivity index (χ1v) is 7.35. The van der Waals surface area contributed by atoms with Gasteiger partial charge >= 0.3 is 5.69 Å². The van der Waals surface area contributed by atoms with E-state index in [2.05, 4.69) is 9.97 Å². The first-order chi connectivity index (χ1) is 11.4. The van der Waals surface area contributed by atoms with Gasteiger partial charge in [0.1, 0.15) is 0 Å². The molecule has 0 spiro atoms. The van der Waals surface area contributed by atoms with Crippen LogP contribution in [0, 0.1) is 0 Å². The van der Waals surface area contributed by atoms with Crippen LogP contribution < -0.4 is 16.1 Å². The minimum Gasteiger partial charge on any atom is -0.348 e. The molecule has 0 fully saturated rings. The Kier molecular flexibility index (Phi) is 3.80. The summed E-state index contributed by atoms with van der Waals surface area (Å²) >= 11 is 0. The van der Waals surface area contributed by atoms with Crippen LogP contribution in [-0.4, -0.2) is 39.0 Å². The Morgan fingerprint density at radius 2 is 1.88 bits per heavy atom. The van der Waals surface area contributed by atoms with Gasteiger partial charge in [-0.05, 0) is 0 Å². The van der Waals surface area contributed by atoms with Gasteiger partial charge in [-0.1, -0.05) is 30.3 Å². The van der Waals surface area contributed by atoms with E-state index < -0.39 is 11.2 Å². The Morgan fingerprint density at radius 3 is 2.50 bits per heavy atom. The molecule has 8 heteroatoms. The van der Waals surface area contributed by atoms with Crippen molar-refractivity contribution in [3.63, 3.8) is 0 Å². The van der Waals surface area contributed by atoms with Crippen LogP contribution in [0.25, 0.3) is 11.2 Å². The normalized spacial score (nSPS) is 11.0. The number of hydrogen-bond donors (Lipinski definition) is 1. The zero-order chi connectivity index (χ0) is 17.4. The van der Waals surface area contributed by atoms with Crippen molar-refractivity contribution >= 4 is 22.9 Å². The molecule has 0 amide bonds. The van der Waals surface area contributed by atoms with E-state index in [1.807, 2.05) is 6.07 Å². The highest BCUT2D eigenvalue weighted by atomic mass is 16.2. The van der Waals surface area contributed by atoms with Gasteiger partial charge in [0, 0.05) is 26.7 Å². The van der Waals surface area contributed by atoms with Gasteiger partial charge in [-0.25, -0.2) is 4.79 Å². The van der Waals surface area contributed by atoms with Crippen LogP contribution in [0.4, 0.5) is 5.95 Å². The van der Waals surface area contributed by atoms with Crippen molar-refractivity contribution < 1.29 is 4.79 Å². The predicted octanol–water partition coefficient (Wildman–Crippen LogP) is 0.372. The largest absolute Gasteiger partial charge is 0.348 e. The van der Waals surface area contributed by atoms with Crippen LogP contribution in [0.15, 0.2) is 39.9 Å². The van der Waals surface area contributed by atoms with Gasteiger partial charge in [0.15, 0.2) is 16.9 Å². The molecule has 0 unspecified atom stereocenters. The number of anilines is 1. The highest BCUT2D eigenvalue weighted by Gasteiger charge is 2.20. The number of H-pyrrole nitrogens is 1. The fourth-order valence-corrected chi connectivity index (χ4v) is 2.57. The van der Waals surface area contributed by atoms with Crippen molar-refractivity contribution in [3.05, 3.63) is 56.7 Å². The lowest BCUT2D eigenvalue weighted by atomic mass is 10.1. The average Bonchev–Trinajstić information content (AvgIpc) is 2.93. The first-order valence-electron chi connectivity index (χ1n) is 7.35. The molecular weight excluding hydrogens is 310 g/mol. The molecule has 0 aliphatic heterocycles. The van der Waals surface area contributed by atoms with Crippen LogP contribution in [-0.2, 0) is 13.6 Å². The third-order valence-corrected chi connectivity index (χ3v) is 3.78. The maximum atomic E-state index is 12.5. The number of aryl methyl sites for hydroxylation is 1. The number of benzene rings is 1. The van der Waals surface area contributed by atoms with Crippen molar-refractivity contribution in [2.75, 3.05) is 19.0 Å². The summed E-state index contributed by atoms with van der Waals surface area (Å²) < 4.78 is 2.79. The summed E-state index contributed by atoms with van der Waals surface area (Å²) in [5, 5.41) is 0. The third kappa shape index (κ3) is 2.51. The number of aromatic amines is 1. The Balaban J connectivity index is 2.21. The van der Waals surface area contributed by atoms with E-state index >= 15 is 0 Å². The number of Topliss-reactive ketones (excluding diaryl/α,β-unsaturated/α-hetero) is 1. The minimum atomic E-state index is -0.561. The van der Waals surface area contributed by atoms with E-state index in [0.29, 0.717) is 11.5 Å². The number of nitrogens with zero attached hydrogens (tertiary/aromatic N) is 4. The lowest BCUT2D eigenvalue weighted by molar-refractivity contribution is 0.0973. The van der Waals surface area contributed by atoms with Gasteiger partial charge < -0.3 is 4.90 Å². The van der Waals surface area contributed by atoms with Crippen molar-refractivity contribution in [2.45, 2.75) is 6.54 Å². The lowest BCUT2D eigenvalue weighted by Gasteiger charge is -2.14. The van der Waals surface area contributed by atoms with Gasteiger partial charge in [-0.3, -0.25) is 23.7 Å². The lowest BCUT2D eigenvalue weighted by Crippen LogP contribution is -2.29. The molecule has 0 saturated heterocycles. The van der Waals surface area contributed by atoms with Gasteiger partial charge in [-0.2, -0.15) is 4.98 Å². The number of rotatable bonds is 4. The molecule has 1 N–H and O–H groups in total. The summed E-state index contributed by atoms with van der Waals surface area (Å²) in [4.78, 5) is 44.9. The number of carbonyl (C=O) groups is 1. The van der Waals surface area contributed by atoms with Crippen LogP contribution in [0.1, 0.15) is 10.4 Å². The molecule has 3 aromatic rings. The van der Waals surface area contributed by atoms with Crippen LogP contribution in [0.2, 0.25) is 0 Å². The van der Waals surface area contributed by atoms with E-state index in [-0.39, 0.29) is 23.5 Å². The number of carbonyl (C=O) groups excluding carboxylic acids is 1. The monoisotopic (exact) mass is 327 g/mol. The molecule has 0 radical (unpaired) electrons. The standard InChI is InChI=1S/C16H17N5O3/c1-19(2)15-17-13-12(14(23)18-16(24)20(13)3)21(15)9-11(22)10-7-5-4-6-8-10/h4-8H,9H2,1-3H3,(H,18,23,24). The maximum absolute atomic E-state index is 12.5. The Labute approximate surface area is 137 Å². The number of hydrogen-bond acceptors (Lipinski definition) is 5. The number of fused-ring (bicyclic) bond motifs is 1. The number of aromatic nitrogens is 4. The summed E-state index contributed by atoms with van der Waals surface area (Å²) in [6, 6.07) is 8.83. The number of ketones is 1. The Bertz CT molecular complexity index is 1030. The molecule has 2 heterocycles. The van der Waals surface area contributed by atoms with Crippen LogP contribution in [0.3, 0.4) is 0 Å². The fraction of sp³-hybridized carbons (Fsp3) is 0.250. The molecule has 0 aliphatic rings. The van der Waals surface area contributed by atoms with Crippen molar-refractivity contribution in [2.24, 2.45) is 7.05 Å². The summed E-state index contributed by atoms with van der Waals surface area (Å²) in [5.41, 5.74) is -0.116. The van der Waals surface area contributed by atoms with Gasteiger partial charge in [0.05, 0.1) is 6.54 Å². The number of imidazole rings is 1. The smallest absolute Gasteiger partial charge is 0.329 e. The zero-order valence-electron chi connectivity index (χ0n) is 13.6. The fourth-order valence-electron chi connectivity index (χ4n) is 2.57. The highest BCUT2D eigenvalue weighted by Crippen LogP contribution is 2.18. The van der Waals surface area contributed by atoms with Gasteiger partial charge in [0.25, 0.3) is 5.56 Å². The first kappa shape index (κ1) is 15.7. The van der Waals surface area contributed by atoms with Crippen molar-refractivity contribution in [1.82, 2.24) is 19.1 Å². The minimum absolute atomic E-state index is 0.0463. The quantitative estimate of drug-likeness (QED) is 0.699. The topological polar surface area (TPSA) is 93.0 Å².